The van der Waals surface area contributed by atoms with Gasteiger partial charge in [0.2, 0.25) is 5.78 Å². The summed E-state index contributed by atoms with van der Waals surface area (Å²) in [5.74, 6) is -3.43. The van der Waals surface area contributed by atoms with Gasteiger partial charge in [-0.15, -0.1) is 0 Å². The molecule has 0 unspecified atom stereocenters. The van der Waals surface area contributed by atoms with Crippen LogP contribution >= 0.6 is 0 Å². The van der Waals surface area contributed by atoms with Crippen molar-refractivity contribution in [2.45, 2.75) is 12.6 Å². The van der Waals surface area contributed by atoms with Gasteiger partial charge in [0.25, 0.3) is 0 Å². The highest BCUT2D eigenvalue weighted by molar-refractivity contribution is 6.22. The Kier molecular flexibility index (Phi) is 2.50. The summed E-state index contributed by atoms with van der Waals surface area (Å²) in [4.78, 5) is 21.5. The number of Topliss-reactive ketones (excluding diaryl/α,β-unsaturated/α-hetero) is 1. The molecular formula is C7H5F3O4. The molecule has 0 amide bonds. The van der Waals surface area contributed by atoms with Crippen LogP contribution in [0.2, 0.25) is 0 Å². The monoisotopic (exact) mass is 210 g/mol. The first-order chi connectivity index (χ1) is 6.31. The molecule has 0 radical (unpaired) electrons. The molecule has 14 heavy (non-hydrogen) atoms. The first-order valence-corrected chi connectivity index (χ1v) is 3.50. The van der Waals surface area contributed by atoms with E-state index in [0.717, 1.165) is 0 Å². The highest BCUT2D eigenvalue weighted by atomic mass is 19.4. The molecule has 0 aromatic rings. The lowest BCUT2D eigenvalue weighted by atomic mass is 10.1. The number of ketones is 1. The van der Waals surface area contributed by atoms with Crippen molar-refractivity contribution in [1.82, 2.24) is 0 Å². The Hall–Kier alpha value is -1.53. The molecule has 4 nitrogen and oxygen atoms in total. The summed E-state index contributed by atoms with van der Waals surface area (Å²) >= 11 is 0. The van der Waals surface area contributed by atoms with E-state index in [9.17, 15) is 22.8 Å². The minimum absolute atomic E-state index is 0.615. The van der Waals surface area contributed by atoms with Gasteiger partial charge in [-0.3, -0.25) is 4.79 Å². The predicted molar refractivity (Wildman–Crippen MR) is 36.3 cm³/mol. The Bertz CT molecular complexity index is 297. The van der Waals surface area contributed by atoms with Crippen molar-refractivity contribution >= 4 is 11.8 Å². The van der Waals surface area contributed by atoms with E-state index in [1.54, 1.807) is 0 Å². The highest BCUT2D eigenvalue weighted by Gasteiger charge is 2.37. The number of allylic oxidation sites excluding steroid dienone is 1. The summed E-state index contributed by atoms with van der Waals surface area (Å²) < 4.78 is 39.4. The van der Waals surface area contributed by atoms with Gasteiger partial charge in [-0.05, 0) is 0 Å². The molecule has 0 atom stereocenters. The van der Waals surface area contributed by atoms with Gasteiger partial charge in [0, 0.05) is 0 Å². The minimum atomic E-state index is -4.67. The Morgan fingerprint density at radius 1 is 1.43 bits per heavy atom. The fourth-order valence-electron chi connectivity index (χ4n) is 0.946. The molecule has 0 aromatic carbocycles. The third-order valence-corrected chi connectivity index (χ3v) is 1.47. The molecule has 1 aliphatic rings. The number of cyclic esters (lactones) is 1. The van der Waals surface area contributed by atoms with E-state index >= 15 is 0 Å². The van der Waals surface area contributed by atoms with Crippen LogP contribution in [0.1, 0.15) is 6.42 Å². The number of esters is 1. The number of alkyl halides is 3. The predicted octanol–water partition coefficient (Wildman–Crippen LogP) is 0.877. The van der Waals surface area contributed by atoms with Crippen molar-refractivity contribution in [3.05, 3.63) is 11.3 Å². The van der Waals surface area contributed by atoms with Crippen LogP contribution in [0.5, 0.6) is 0 Å². The second kappa shape index (κ2) is 3.32. The maximum absolute atomic E-state index is 11.8. The standard InChI is InChI=1S/C7H5F3O4/c8-7(9,10)1-3(11)5-4(12)2-14-6(5)13/h11H,1-2H2. The second-order valence-corrected chi connectivity index (χ2v) is 2.61. The summed E-state index contributed by atoms with van der Waals surface area (Å²) in [5, 5.41) is 8.86. The van der Waals surface area contributed by atoms with Gasteiger partial charge >= 0.3 is 12.1 Å². The first-order valence-electron chi connectivity index (χ1n) is 3.50. The zero-order chi connectivity index (χ0) is 10.9. The lowest BCUT2D eigenvalue weighted by Crippen LogP contribution is -2.13. The van der Waals surface area contributed by atoms with Crippen molar-refractivity contribution < 1.29 is 32.6 Å². The Morgan fingerprint density at radius 2 is 2.00 bits per heavy atom. The van der Waals surface area contributed by atoms with E-state index in [1.807, 2.05) is 0 Å². The average molecular weight is 210 g/mol. The number of aliphatic hydroxyl groups excluding tert-OH is 1. The molecule has 1 heterocycles. The fourth-order valence-corrected chi connectivity index (χ4v) is 0.946. The lowest BCUT2D eigenvalue weighted by molar-refractivity contribution is -0.136. The van der Waals surface area contributed by atoms with Crippen molar-refractivity contribution in [3.63, 3.8) is 0 Å². The third kappa shape index (κ3) is 2.24. The van der Waals surface area contributed by atoms with E-state index in [1.165, 1.54) is 0 Å². The van der Waals surface area contributed by atoms with E-state index < -0.39 is 42.3 Å². The van der Waals surface area contributed by atoms with E-state index in [-0.39, 0.29) is 0 Å². The van der Waals surface area contributed by atoms with Crippen molar-refractivity contribution in [1.29, 1.82) is 0 Å². The van der Waals surface area contributed by atoms with Gasteiger partial charge < -0.3 is 9.84 Å². The molecule has 0 spiro atoms. The Morgan fingerprint density at radius 3 is 2.36 bits per heavy atom. The first kappa shape index (κ1) is 10.6. The number of halogens is 3. The van der Waals surface area contributed by atoms with Crippen LogP contribution in [-0.2, 0) is 14.3 Å². The van der Waals surface area contributed by atoms with E-state index in [4.69, 9.17) is 5.11 Å². The maximum atomic E-state index is 11.8. The number of aliphatic hydroxyl groups is 1. The quantitative estimate of drug-likeness (QED) is 0.302. The zero-order valence-corrected chi connectivity index (χ0v) is 6.72. The molecule has 1 aliphatic heterocycles. The summed E-state index contributed by atoms with van der Waals surface area (Å²) in [5.41, 5.74) is -0.901. The van der Waals surface area contributed by atoms with Crippen LogP contribution in [0, 0.1) is 0 Å². The second-order valence-electron chi connectivity index (χ2n) is 2.61. The molecule has 0 aliphatic carbocycles. The minimum Gasteiger partial charge on any atom is -0.511 e. The van der Waals surface area contributed by atoms with Crippen molar-refractivity contribution in [2.75, 3.05) is 6.61 Å². The zero-order valence-electron chi connectivity index (χ0n) is 6.72. The van der Waals surface area contributed by atoms with Gasteiger partial charge in [-0.1, -0.05) is 0 Å². The maximum Gasteiger partial charge on any atom is 0.396 e. The van der Waals surface area contributed by atoms with Crippen LogP contribution in [0.3, 0.4) is 0 Å². The Labute approximate surface area is 76.0 Å². The van der Waals surface area contributed by atoms with Gasteiger partial charge in [0.1, 0.15) is 17.8 Å². The summed E-state index contributed by atoms with van der Waals surface area (Å²) in [6, 6.07) is 0. The van der Waals surface area contributed by atoms with E-state index in [2.05, 4.69) is 4.74 Å². The number of carbonyl (C=O) groups is 2. The number of ether oxygens (including phenoxy) is 1. The molecule has 1 rings (SSSR count). The third-order valence-electron chi connectivity index (χ3n) is 1.47. The molecule has 7 heteroatoms. The lowest BCUT2D eigenvalue weighted by Gasteiger charge is -2.05. The van der Waals surface area contributed by atoms with Crippen LogP contribution in [0.25, 0.3) is 0 Å². The molecule has 1 saturated heterocycles. The van der Waals surface area contributed by atoms with Gasteiger partial charge in [0.05, 0.1) is 0 Å². The smallest absolute Gasteiger partial charge is 0.396 e. The topological polar surface area (TPSA) is 63.6 Å². The number of hydrogen-bond donors (Lipinski definition) is 1. The molecule has 0 aromatic heterocycles. The fraction of sp³-hybridized carbons (Fsp3) is 0.429. The molecule has 0 bridgehead atoms. The number of carbonyl (C=O) groups excluding carboxylic acids is 2. The van der Waals surface area contributed by atoms with Crippen LogP contribution < -0.4 is 0 Å². The molecular weight excluding hydrogens is 205 g/mol. The largest absolute Gasteiger partial charge is 0.511 e. The molecule has 1 N–H and O–H groups in total. The molecule has 0 saturated carbocycles. The molecule has 1 fully saturated rings. The summed E-state index contributed by atoms with van der Waals surface area (Å²) in [7, 11) is 0. The highest BCUT2D eigenvalue weighted by Crippen LogP contribution is 2.26. The number of hydrogen-bond acceptors (Lipinski definition) is 4. The SMILES string of the molecule is O=C1COC(=O)C1=C(O)CC(F)(F)F. The van der Waals surface area contributed by atoms with Gasteiger partial charge in [-0.25, -0.2) is 4.79 Å². The van der Waals surface area contributed by atoms with Gasteiger partial charge in [0.15, 0.2) is 6.61 Å². The normalized spacial score (nSPS) is 21.1. The van der Waals surface area contributed by atoms with Crippen molar-refractivity contribution in [3.8, 4) is 0 Å². The van der Waals surface area contributed by atoms with E-state index in [0.29, 0.717) is 0 Å². The Balaban J connectivity index is 2.92. The van der Waals surface area contributed by atoms with Crippen LogP contribution in [0.4, 0.5) is 13.2 Å². The van der Waals surface area contributed by atoms with Gasteiger partial charge in [-0.2, -0.15) is 13.2 Å². The van der Waals surface area contributed by atoms with Crippen molar-refractivity contribution in [2.24, 2.45) is 0 Å². The number of rotatable bonds is 1. The van der Waals surface area contributed by atoms with Crippen LogP contribution in [0.15, 0.2) is 11.3 Å². The molecule has 78 valence electrons. The average Bonchev–Trinajstić information content (AvgIpc) is 2.27. The van der Waals surface area contributed by atoms with Crippen LogP contribution in [-0.4, -0.2) is 29.6 Å². The summed E-state index contributed by atoms with van der Waals surface area (Å²) in [6.45, 7) is -0.615. The summed E-state index contributed by atoms with van der Waals surface area (Å²) in [6.07, 6.45) is -6.37.